The fourth-order valence-corrected chi connectivity index (χ4v) is 3.09. The Hall–Kier alpha value is -0.0800. The number of rotatable bonds is 2. The van der Waals surface area contributed by atoms with E-state index in [4.69, 9.17) is 4.74 Å². The number of hydrogen-bond acceptors (Lipinski definition) is 2. The van der Waals surface area contributed by atoms with Gasteiger partial charge in [-0.05, 0) is 31.2 Å². The van der Waals surface area contributed by atoms with E-state index in [-0.39, 0.29) is 0 Å². The predicted molar refractivity (Wildman–Crippen MR) is 53.7 cm³/mol. The fourth-order valence-electron chi connectivity index (χ4n) is 3.09. The first-order chi connectivity index (χ1) is 6.42. The van der Waals surface area contributed by atoms with Crippen LogP contribution in [0.5, 0.6) is 0 Å². The van der Waals surface area contributed by atoms with Gasteiger partial charge in [-0.15, -0.1) is 0 Å². The Morgan fingerprint density at radius 2 is 2.08 bits per heavy atom. The third-order valence-electron chi connectivity index (χ3n) is 3.75. The highest BCUT2D eigenvalue weighted by Crippen LogP contribution is 2.36. The molecule has 76 valence electrons. The molecule has 3 atom stereocenters. The zero-order chi connectivity index (χ0) is 9.10. The van der Waals surface area contributed by atoms with Gasteiger partial charge in [0.25, 0.3) is 0 Å². The van der Waals surface area contributed by atoms with Crippen LogP contribution in [0, 0.1) is 11.8 Å². The van der Waals surface area contributed by atoms with Crippen LogP contribution in [0.25, 0.3) is 0 Å². The maximum atomic E-state index is 5.27. The third kappa shape index (κ3) is 2.05. The van der Waals surface area contributed by atoms with Gasteiger partial charge in [0.2, 0.25) is 0 Å². The standard InChI is InChI=1S/C11H21NO/c1-13-8-11-10-5-3-2-4-9(10)6-7-12-11/h9-12H,2-8H2,1H3/t9-,10-,11?/m1/s1. The summed E-state index contributed by atoms with van der Waals surface area (Å²) in [7, 11) is 1.81. The van der Waals surface area contributed by atoms with Crippen molar-refractivity contribution >= 4 is 0 Å². The lowest BCUT2D eigenvalue weighted by atomic mass is 9.72. The van der Waals surface area contributed by atoms with Crippen molar-refractivity contribution in [2.24, 2.45) is 11.8 Å². The van der Waals surface area contributed by atoms with Crippen molar-refractivity contribution in [3.63, 3.8) is 0 Å². The van der Waals surface area contributed by atoms with Crippen LogP contribution < -0.4 is 5.32 Å². The molecule has 0 spiro atoms. The average Bonchev–Trinajstić information content (AvgIpc) is 2.19. The second kappa shape index (κ2) is 4.43. The van der Waals surface area contributed by atoms with E-state index in [1.807, 2.05) is 7.11 Å². The summed E-state index contributed by atoms with van der Waals surface area (Å²) in [4.78, 5) is 0. The van der Waals surface area contributed by atoms with E-state index in [1.54, 1.807) is 0 Å². The van der Waals surface area contributed by atoms with Crippen LogP contribution >= 0.6 is 0 Å². The smallest absolute Gasteiger partial charge is 0.0618 e. The molecular weight excluding hydrogens is 162 g/mol. The minimum absolute atomic E-state index is 0.643. The van der Waals surface area contributed by atoms with Crippen LogP contribution in [-0.4, -0.2) is 26.3 Å². The zero-order valence-corrected chi connectivity index (χ0v) is 8.59. The van der Waals surface area contributed by atoms with Crippen LogP contribution in [0.1, 0.15) is 32.1 Å². The summed E-state index contributed by atoms with van der Waals surface area (Å²) in [6, 6.07) is 0.643. The molecule has 0 aromatic carbocycles. The first-order valence-electron chi connectivity index (χ1n) is 5.64. The van der Waals surface area contributed by atoms with Crippen molar-refractivity contribution in [1.82, 2.24) is 5.32 Å². The Morgan fingerprint density at radius 3 is 2.92 bits per heavy atom. The van der Waals surface area contributed by atoms with Gasteiger partial charge in [0.15, 0.2) is 0 Å². The van der Waals surface area contributed by atoms with Crippen molar-refractivity contribution < 1.29 is 4.74 Å². The lowest BCUT2D eigenvalue weighted by Gasteiger charge is -2.41. The molecule has 1 saturated heterocycles. The molecule has 2 aliphatic rings. The molecule has 1 unspecified atom stereocenters. The van der Waals surface area contributed by atoms with E-state index in [9.17, 15) is 0 Å². The number of methoxy groups -OCH3 is 1. The van der Waals surface area contributed by atoms with Gasteiger partial charge in [-0.1, -0.05) is 19.3 Å². The van der Waals surface area contributed by atoms with Gasteiger partial charge in [-0.25, -0.2) is 0 Å². The topological polar surface area (TPSA) is 21.3 Å². The second-order valence-electron chi connectivity index (χ2n) is 4.51. The van der Waals surface area contributed by atoms with E-state index in [2.05, 4.69) is 5.32 Å². The normalized spacial score (nSPS) is 39.9. The molecule has 13 heavy (non-hydrogen) atoms. The monoisotopic (exact) mass is 183 g/mol. The first-order valence-corrected chi connectivity index (χ1v) is 5.64. The van der Waals surface area contributed by atoms with Crippen molar-refractivity contribution in [2.75, 3.05) is 20.3 Å². The van der Waals surface area contributed by atoms with Crippen LogP contribution in [0.4, 0.5) is 0 Å². The molecule has 2 fully saturated rings. The van der Waals surface area contributed by atoms with Gasteiger partial charge in [0, 0.05) is 13.2 Å². The molecule has 2 nitrogen and oxygen atoms in total. The summed E-state index contributed by atoms with van der Waals surface area (Å²) >= 11 is 0. The molecule has 1 N–H and O–H groups in total. The summed E-state index contributed by atoms with van der Waals surface area (Å²) in [5, 5.41) is 3.59. The van der Waals surface area contributed by atoms with E-state index < -0.39 is 0 Å². The highest BCUT2D eigenvalue weighted by atomic mass is 16.5. The summed E-state index contributed by atoms with van der Waals surface area (Å²) in [6.07, 6.45) is 7.17. The SMILES string of the molecule is COCC1NCC[C@H]2CCCC[C@@H]12. The fraction of sp³-hybridized carbons (Fsp3) is 1.00. The Balaban J connectivity index is 1.94. The molecule has 1 aliphatic carbocycles. The molecule has 1 saturated carbocycles. The van der Waals surface area contributed by atoms with Crippen LogP contribution in [0.2, 0.25) is 0 Å². The van der Waals surface area contributed by atoms with E-state index in [1.165, 1.54) is 38.6 Å². The molecule has 0 radical (unpaired) electrons. The highest BCUT2D eigenvalue weighted by Gasteiger charge is 2.34. The molecule has 2 heteroatoms. The summed E-state index contributed by atoms with van der Waals surface area (Å²) in [5.41, 5.74) is 0. The number of ether oxygens (including phenoxy) is 1. The Morgan fingerprint density at radius 1 is 1.23 bits per heavy atom. The van der Waals surface area contributed by atoms with Crippen LogP contribution in [0.15, 0.2) is 0 Å². The largest absolute Gasteiger partial charge is 0.383 e. The lowest BCUT2D eigenvalue weighted by molar-refractivity contribution is 0.0704. The van der Waals surface area contributed by atoms with E-state index in [0.717, 1.165) is 18.4 Å². The number of fused-ring (bicyclic) bond motifs is 1. The minimum Gasteiger partial charge on any atom is -0.383 e. The predicted octanol–water partition coefficient (Wildman–Crippen LogP) is 1.80. The van der Waals surface area contributed by atoms with Gasteiger partial charge in [-0.2, -0.15) is 0 Å². The number of hydrogen-bond donors (Lipinski definition) is 1. The molecule has 0 aromatic heterocycles. The van der Waals surface area contributed by atoms with Gasteiger partial charge >= 0.3 is 0 Å². The van der Waals surface area contributed by atoms with Gasteiger partial charge in [0.05, 0.1) is 6.61 Å². The van der Waals surface area contributed by atoms with Crippen LogP contribution in [-0.2, 0) is 4.74 Å². The molecule has 1 aliphatic heterocycles. The lowest BCUT2D eigenvalue weighted by Crippen LogP contribution is -2.49. The summed E-state index contributed by atoms with van der Waals surface area (Å²) < 4.78 is 5.27. The molecule has 0 bridgehead atoms. The Bertz CT molecular complexity index is 156. The van der Waals surface area contributed by atoms with Crippen molar-refractivity contribution in [1.29, 1.82) is 0 Å². The van der Waals surface area contributed by atoms with Gasteiger partial charge < -0.3 is 10.1 Å². The van der Waals surface area contributed by atoms with E-state index >= 15 is 0 Å². The summed E-state index contributed by atoms with van der Waals surface area (Å²) in [6.45, 7) is 2.11. The third-order valence-corrected chi connectivity index (χ3v) is 3.75. The maximum absolute atomic E-state index is 5.27. The minimum atomic E-state index is 0.643. The quantitative estimate of drug-likeness (QED) is 0.705. The van der Waals surface area contributed by atoms with E-state index in [0.29, 0.717) is 6.04 Å². The Kier molecular flexibility index (Phi) is 3.23. The summed E-state index contributed by atoms with van der Waals surface area (Å²) in [5.74, 6) is 1.90. The number of nitrogens with one attached hydrogen (secondary N) is 1. The van der Waals surface area contributed by atoms with Crippen molar-refractivity contribution in [2.45, 2.75) is 38.1 Å². The van der Waals surface area contributed by atoms with Gasteiger partial charge in [-0.3, -0.25) is 0 Å². The van der Waals surface area contributed by atoms with Crippen molar-refractivity contribution in [3.05, 3.63) is 0 Å². The molecule has 0 aromatic rings. The highest BCUT2D eigenvalue weighted by molar-refractivity contribution is 4.89. The van der Waals surface area contributed by atoms with Crippen molar-refractivity contribution in [3.8, 4) is 0 Å². The Labute approximate surface area is 81.0 Å². The average molecular weight is 183 g/mol. The zero-order valence-electron chi connectivity index (χ0n) is 8.59. The van der Waals surface area contributed by atoms with Gasteiger partial charge in [0.1, 0.15) is 0 Å². The second-order valence-corrected chi connectivity index (χ2v) is 4.51. The molecule has 2 rings (SSSR count). The molecule has 0 amide bonds. The maximum Gasteiger partial charge on any atom is 0.0618 e. The molecular formula is C11H21NO. The molecule has 1 heterocycles. The first kappa shape index (κ1) is 9.47. The number of piperidine rings is 1. The van der Waals surface area contributed by atoms with Crippen LogP contribution in [0.3, 0.4) is 0 Å².